The highest BCUT2D eigenvalue weighted by molar-refractivity contribution is 5.97. The average Bonchev–Trinajstić information content (AvgIpc) is 3.28. The van der Waals surface area contributed by atoms with Crippen LogP contribution in [0.1, 0.15) is 15.9 Å². The van der Waals surface area contributed by atoms with Gasteiger partial charge in [-0.1, -0.05) is 36.4 Å². The van der Waals surface area contributed by atoms with Crippen molar-refractivity contribution < 1.29 is 13.9 Å². The Morgan fingerprint density at radius 2 is 1.75 bits per heavy atom. The number of ether oxygens (including phenoxy) is 1. The number of pyridine rings is 1. The smallest absolute Gasteiger partial charge is 0.255 e. The molecule has 1 N–H and O–H groups in total. The summed E-state index contributed by atoms with van der Waals surface area (Å²) in [4.78, 5) is 17.0. The van der Waals surface area contributed by atoms with Crippen molar-refractivity contribution in [2.75, 3.05) is 0 Å². The highest BCUT2D eigenvalue weighted by atomic mass is 16.5. The van der Waals surface area contributed by atoms with Gasteiger partial charge in [-0.2, -0.15) is 0 Å². The second-order valence-corrected chi connectivity index (χ2v) is 6.12. The van der Waals surface area contributed by atoms with E-state index >= 15 is 0 Å². The van der Waals surface area contributed by atoms with Crippen LogP contribution in [0.2, 0.25) is 0 Å². The van der Waals surface area contributed by atoms with Crippen molar-refractivity contribution in [1.82, 2.24) is 10.3 Å². The summed E-state index contributed by atoms with van der Waals surface area (Å²) in [5.41, 5.74) is 2.12. The van der Waals surface area contributed by atoms with Crippen LogP contribution >= 0.6 is 0 Å². The maximum absolute atomic E-state index is 12.7. The molecule has 2 aromatic carbocycles. The van der Waals surface area contributed by atoms with Gasteiger partial charge in [-0.15, -0.1) is 0 Å². The van der Waals surface area contributed by atoms with E-state index in [-0.39, 0.29) is 5.91 Å². The molecular weight excluding hydrogens is 352 g/mol. The van der Waals surface area contributed by atoms with Crippen molar-refractivity contribution in [2.45, 2.75) is 6.54 Å². The summed E-state index contributed by atoms with van der Waals surface area (Å²) >= 11 is 0. The van der Waals surface area contributed by atoms with E-state index in [0.29, 0.717) is 29.4 Å². The van der Waals surface area contributed by atoms with Crippen LogP contribution in [0.4, 0.5) is 0 Å². The number of carbonyl (C=O) groups is 1. The lowest BCUT2D eigenvalue weighted by atomic mass is 10.1. The summed E-state index contributed by atoms with van der Waals surface area (Å²) < 4.78 is 11.2. The predicted octanol–water partition coefficient (Wildman–Crippen LogP) is 5.06. The maximum atomic E-state index is 12.7. The second-order valence-electron chi connectivity index (χ2n) is 6.12. The third-order valence-electron chi connectivity index (χ3n) is 4.15. The Morgan fingerprint density at radius 3 is 2.50 bits per heavy atom. The Bertz CT molecular complexity index is 1040. The van der Waals surface area contributed by atoms with Crippen LogP contribution in [0.15, 0.2) is 95.7 Å². The third kappa shape index (κ3) is 4.10. The Labute approximate surface area is 162 Å². The van der Waals surface area contributed by atoms with Crippen molar-refractivity contribution in [3.05, 3.63) is 102 Å². The largest absolute Gasteiger partial charge is 0.463 e. The van der Waals surface area contributed by atoms with Crippen molar-refractivity contribution in [3.8, 4) is 23.0 Å². The number of nitrogens with one attached hydrogen (secondary N) is 1. The van der Waals surface area contributed by atoms with Gasteiger partial charge in [-0.3, -0.25) is 9.78 Å². The van der Waals surface area contributed by atoms with Gasteiger partial charge in [0.1, 0.15) is 17.2 Å². The lowest BCUT2D eigenvalue weighted by Gasteiger charge is -2.11. The van der Waals surface area contributed by atoms with Gasteiger partial charge in [0.2, 0.25) is 0 Å². The molecule has 5 heteroatoms. The first-order valence-corrected chi connectivity index (χ1v) is 8.88. The first-order valence-electron chi connectivity index (χ1n) is 8.88. The van der Waals surface area contributed by atoms with E-state index in [0.717, 1.165) is 11.3 Å². The van der Waals surface area contributed by atoms with E-state index in [1.165, 1.54) is 0 Å². The van der Waals surface area contributed by atoms with Crippen molar-refractivity contribution in [1.29, 1.82) is 0 Å². The molecule has 2 heterocycles. The number of aromatic nitrogens is 1. The van der Waals surface area contributed by atoms with Crippen LogP contribution < -0.4 is 10.1 Å². The summed E-state index contributed by atoms with van der Waals surface area (Å²) in [5.74, 6) is 1.70. The first kappa shape index (κ1) is 17.5. The van der Waals surface area contributed by atoms with Crippen LogP contribution in [-0.4, -0.2) is 10.9 Å². The number of furan rings is 1. The lowest BCUT2D eigenvalue weighted by Crippen LogP contribution is -2.23. The molecule has 0 fully saturated rings. The zero-order valence-corrected chi connectivity index (χ0v) is 15.0. The number of rotatable bonds is 6. The fourth-order valence-corrected chi connectivity index (χ4v) is 2.74. The zero-order valence-electron chi connectivity index (χ0n) is 15.0. The molecule has 0 aliphatic heterocycles. The Morgan fingerprint density at radius 1 is 0.929 bits per heavy atom. The fraction of sp³-hybridized carbons (Fsp3) is 0.0435. The molecule has 0 radical (unpaired) electrons. The van der Waals surface area contributed by atoms with E-state index in [2.05, 4.69) is 10.3 Å². The monoisotopic (exact) mass is 370 g/mol. The van der Waals surface area contributed by atoms with E-state index in [9.17, 15) is 4.79 Å². The minimum atomic E-state index is -0.207. The number of para-hydroxylation sites is 2. The van der Waals surface area contributed by atoms with E-state index in [1.54, 1.807) is 24.6 Å². The van der Waals surface area contributed by atoms with E-state index < -0.39 is 0 Å². The topological polar surface area (TPSA) is 64.4 Å². The number of hydrogen-bond acceptors (Lipinski definition) is 4. The molecule has 0 aliphatic carbocycles. The third-order valence-corrected chi connectivity index (χ3v) is 4.15. The van der Waals surface area contributed by atoms with E-state index in [4.69, 9.17) is 9.15 Å². The normalized spacial score (nSPS) is 10.4. The standard InChI is InChI=1S/C23H18N2O3/c26-23(19-9-4-5-10-21(19)28-18-7-2-1-3-8-18)25-16-17-12-13-20(24-15-17)22-11-6-14-27-22/h1-15H,16H2,(H,25,26). The maximum Gasteiger partial charge on any atom is 0.255 e. The fourth-order valence-electron chi connectivity index (χ4n) is 2.74. The van der Waals surface area contributed by atoms with Gasteiger partial charge in [0.15, 0.2) is 5.76 Å². The molecule has 0 unspecified atom stereocenters. The van der Waals surface area contributed by atoms with Gasteiger partial charge in [-0.05, 0) is 48.0 Å². The quantitative estimate of drug-likeness (QED) is 0.515. The summed E-state index contributed by atoms with van der Waals surface area (Å²) in [6.07, 6.45) is 3.34. The summed E-state index contributed by atoms with van der Waals surface area (Å²) in [6.45, 7) is 0.365. The highest BCUT2D eigenvalue weighted by Crippen LogP contribution is 2.25. The zero-order chi connectivity index (χ0) is 19.2. The van der Waals surface area contributed by atoms with Crippen LogP contribution in [-0.2, 0) is 6.54 Å². The summed E-state index contributed by atoms with van der Waals surface area (Å²) in [6, 6.07) is 24.0. The van der Waals surface area contributed by atoms with Gasteiger partial charge in [0.05, 0.1) is 11.8 Å². The molecule has 0 saturated heterocycles. The SMILES string of the molecule is O=C(NCc1ccc(-c2ccco2)nc1)c1ccccc1Oc1ccccc1. The van der Waals surface area contributed by atoms with E-state index in [1.807, 2.05) is 66.7 Å². The van der Waals surface area contributed by atoms with Crippen LogP contribution in [0.25, 0.3) is 11.5 Å². The van der Waals surface area contributed by atoms with Gasteiger partial charge in [0, 0.05) is 12.7 Å². The average molecular weight is 370 g/mol. The van der Waals surface area contributed by atoms with Gasteiger partial charge in [0.25, 0.3) is 5.91 Å². The van der Waals surface area contributed by atoms with Crippen LogP contribution in [0.5, 0.6) is 11.5 Å². The molecule has 0 spiro atoms. The van der Waals surface area contributed by atoms with Gasteiger partial charge in [-0.25, -0.2) is 0 Å². The minimum absolute atomic E-state index is 0.207. The Kier molecular flexibility index (Phi) is 5.15. The molecule has 0 atom stereocenters. The Hall–Kier alpha value is -3.86. The number of nitrogens with zero attached hydrogens (tertiary/aromatic N) is 1. The van der Waals surface area contributed by atoms with Gasteiger partial charge < -0.3 is 14.5 Å². The number of benzene rings is 2. The second kappa shape index (κ2) is 8.22. The molecule has 4 rings (SSSR count). The predicted molar refractivity (Wildman–Crippen MR) is 106 cm³/mol. The van der Waals surface area contributed by atoms with Crippen molar-refractivity contribution in [2.24, 2.45) is 0 Å². The summed E-state index contributed by atoms with van der Waals surface area (Å²) in [5, 5.41) is 2.91. The molecule has 5 nitrogen and oxygen atoms in total. The van der Waals surface area contributed by atoms with Crippen LogP contribution in [0, 0.1) is 0 Å². The first-order chi connectivity index (χ1) is 13.8. The molecular formula is C23H18N2O3. The molecule has 1 amide bonds. The number of carbonyl (C=O) groups excluding carboxylic acids is 1. The van der Waals surface area contributed by atoms with Gasteiger partial charge >= 0.3 is 0 Å². The molecule has 0 bridgehead atoms. The number of amides is 1. The van der Waals surface area contributed by atoms with Crippen LogP contribution in [0.3, 0.4) is 0 Å². The number of hydrogen-bond donors (Lipinski definition) is 1. The minimum Gasteiger partial charge on any atom is -0.463 e. The molecule has 2 aromatic heterocycles. The molecule has 4 aromatic rings. The molecule has 138 valence electrons. The lowest BCUT2D eigenvalue weighted by molar-refractivity contribution is 0.0948. The Balaban J connectivity index is 1.43. The van der Waals surface area contributed by atoms with Crippen molar-refractivity contribution in [3.63, 3.8) is 0 Å². The summed E-state index contributed by atoms with van der Waals surface area (Å²) in [7, 11) is 0. The van der Waals surface area contributed by atoms with Crippen molar-refractivity contribution >= 4 is 5.91 Å². The molecule has 0 saturated carbocycles. The molecule has 0 aliphatic rings. The molecule has 28 heavy (non-hydrogen) atoms. The highest BCUT2D eigenvalue weighted by Gasteiger charge is 2.13.